The largest absolute Gasteiger partial charge is 0.495 e. The predicted molar refractivity (Wildman–Crippen MR) is 113 cm³/mol. The number of nitrogens with one attached hydrogen (secondary N) is 1. The Balaban J connectivity index is 1.70. The first-order valence-electron chi connectivity index (χ1n) is 9.30. The van der Waals surface area contributed by atoms with Gasteiger partial charge in [0.1, 0.15) is 17.3 Å². The van der Waals surface area contributed by atoms with Crippen LogP contribution in [0.3, 0.4) is 0 Å². The summed E-state index contributed by atoms with van der Waals surface area (Å²) in [7, 11) is 3.01. The highest BCUT2D eigenvalue weighted by molar-refractivity contribution is 6.32. The SMILES string of the molecule is COc1cc(NC(=O)C2CCCN(Cc3c(F)cccc3Cl)C2)c(OC)cc1Cl. The maximum Gasteiger partial charge on any atom is 0.228 e. The normalized spacial score (nSPS) is 17.1. The van der Waals surface area contributed by atoms with E-state index in [1.54, 1.807) is 24.3 Å². The van der Waals surface area contributed by atoms with Gasteiger partial charge in [-0.05, 0) is 31.5 Å². The summed E-state index contributed by atoms with van der Waals surface area (Å²) >= 11 is 12.3. The Labute approximate surface area is 179 Å². The Bertz CT molecular complexity index is 874. The van der Waals surface area contributed by atoms with Crippen molar-refractivity contribution in [2.45, 2.75) is 19.4 Å². The van der Waals surface area contributed by atoms with E-state index in [2.05, 4.69) is 10.2 Å². The molecule has 1 N–H and O–H groups in total. The predicted octanol–water partition coefficient (Wildman–Crippen LogP) is 5.00. The van der Waals surface area contributed by atoms with Gasteiger partial charge in [-0.25, -0.2) is 4.39 Å². The maximum atomic E-state index is 14.1. The number of likely N-dealkylation sites (tertiary alicyclic amines) is 1. The average Bonchev–Trinajstić information content (AvgIpc) is 2.72. The van der Waals surface area contributed by atoms with E-state index in [0.717, 1.165) is 19.4 Å². The minimum absolute atomic E-state index is 0.128. The van der Waals surface area contributed by atoms with Gasteiger partial charge < -0.3 is 14.8 Å². The second-order valence-corrected chi connectivity index (χ2v) is 7.77. The Kier molecular flexibility index (Phi) is 7.22. The van der Waals surface area contributed by atoms with Crippen LogP contribution in [0.1, 0.15) is 18.4 Å². The van der Waals surface area contributed by atoms with Crippen LogP contribution in [0.4, 0.5) is 10.1 Å². The summed E-state index contributed by atoms with van der Waals surface area (Å²) in [5.74, 6) is 0.206. The number of benzene rings is 2. The van der Waals surface area contributed by atoms with Gasteiger partial charge in [0.05, 0.1) is 30.8 Å². The van der Waals surface area contributed by atoms with Crippen LogP contribution in [0, 0.1) is 11.7 Å². The van der Waals surface area contributed by atoms with Crippen LogP contribution >= 0.6 is 23.2 Å². The van der Waals surface area contributed by atoms with Crippen LogP contribution in [-0.2, 0) is 11.3 Å². The van der Waals surface area contributed by atoms with Gasteiger partial charge in [-0.15, -0.1) is 0 Å². The molecule has 156 valence electrons. The maximum absolute atomic E-state index is 14.1. The third-order valence-corrected chi connectivity index (χ3v) is 5.70. The minimum Gasteiger partial charge on any atom is -0.495 e. The van der Waals surface area contributed by atoms with E-state index >= 15 is 0 Å². The lowest BCUT2D eigenvalue weighted by Gasteiger charge is -2.32. The number of ether oxygens (including phenoxy) is 2. The molecule has 0 radical (unpaired) electrons. The number of carbonyl (C=O) groups is 1. The van der Waals surface area contributed by atoms with Crippen LogP contribution in [0.5, 0.6) is 11.5 Å². The van der Waals surface area contributed by atoms with Crippen LogP contribution in [0.15, 0.2) is 30.3 Å². The summed E-state index contributed by atoms with van der Waals surface area (Å²) in [6.07, 6.45) is 1.59. The molecule has 5 nitrogen and oxygen atoms in total. The number of nitrogens with zero attached hydrogens (tertiary/aromatic N) is 1. The molecule has 1 amide bonds. The van der Waals surface area contributed by atoms with E-state index in [9.17, 15) is 9.18 Å². The fourth-order valence-electron chi connectivity index (χ4n) is 3.51. The standard InChI is InChI=1S/C21H23Cl2FN2O3/c1-28-19-10-18(20(29-2)9-16(19)23)25-21(27)13-5-4-8-26(11-13)12-14-15(22)6-3-7-17(14)24/h3,6-7,9-10,13H,4-5,8,11-12H2,1-2H3,(H,25,27). The summed E-state index contributed by atoms with van der Waals surface area (Å²) in [5.41, 5.74) is 0.951. The lowest BCUT2D eigenvalue weighted by Crippen LogP contribution is -2.40. The van der Waals surface area contributed by atoms with Gasteiger partial charge >= 0.3 is 0 Å². The molecule has 2 aromatic carbocycles. The quantitative estimate of drug-likeness (QED) is 0.686. The number of methoxy groups -OCH3 is 2. The zero-order valence-electron chi connectivity index (χ0n) is 16.3. The number of carbonyl (C=O) groups excluding carboxylic acids is 1. The molecule has 1 aliphatic heterocycles. The zero-order valence-corrected chi connectivity index (χ0v) is 17.8. The van der Waals surface area contributed by atoms with E-state index in [1.807, 2.05) is 0 Å². The van der Waals surface area contributed by atoms with E-state index < -0.39 is 0 Å². The molecule has 29 heavy (non-hydrogen) atoms. The molecule has 0 aromatic heterocycles. The number of rotatable bonds is 6. The van der Waals surface area contributed by atoms with Crippen molar-refractivity contribution in [1.82, 2.24) is 4.90 Å². The first-order chi connectivity index (χ1) is 13.9. The van der Waals surface area contributed by atoms with Crippen molar-refractivity contribution >= 4 is 34.8 Å². The third-order valence-electron chi connectivity index (χ3n) is 5.05. The molecule has 8 heteroatoms. The highest BCUT2D eigenvalue weighted by Crippen LogP contribution is 2.36. The van der Waals surface area contributed by atoms with Crippen molar-refractivity contribution in [3.05, 3.63) is 51.8 Å². The Morgan fingerprint density at radius 1 is 1.21 bits per heavy atom. The molecule has 0 spiro atoms. The van der Waals surface area contributed by atoms with Crippen LogP contribution in [0.25, 0.3) is 0 Å². The number of hydrogen-bond donors (Lipinski definition) is 1. The molecule has 1 fully saturated rings. The molecule has 1 atom stereocenters. The van der Waals surface area contributed by atoms with Crippen molar-refractivity contribution in [3.8, 4) is 11.5 Å². The van der Waals surface area contributed by atoms with E-state index in [0.29, 0.717) is 45.9 Å². The first kappa shape index (κ1) is 21.7. The molecule has 0 bridgehead atoms. The highest BCUT2D eigenvalue weighted by atomic mass is 35.5. The summed E-state index contributed by atoms with van der Waals surface area (Å²) < 4.78 is 24.7. The topological polar surface area (TPSA) is 50.8 Å². The Hall–Kier alpha value is -2.02. The van der Waals surface area contributed by atoms with Gasteiger partial charge in [0.15, 0.2) is 0 Å². The summed E-state index contributed by atoms with van der Waals surface area (Å²) in [6, 6.07) is 7.90. The number of amides is 1. The number of halogens is 3. The monoisotopic (exact) mass is 440 g/mol. The lowest BCUT2D eigenvalue weighted by atomic mass is 9.96. The van der Waals surface area contributed by atoms with E-state index in [4.69, 9.17) is 32.7 Å². The van der Waals surface area contributed by atoms with Crippen molar-refractivity contribution < 1.29 is 18.7 Å². The average molecular weight is 441 g/mol. The smallest absolute Gasteiger partial charge is 0.228 e. The molecule has 1 unspecified atom stereocenters. The van der Waals surface area contributed by atoms with Gasteiger partial charge in [0, 0.05) is 35.8 Å². The molecular weight excluding hydrogens is 418 g/mol. The van der Waals surface area contributed by atoms with Gasteiger partial charge in [-0.1, -0.05) is 29.3 Å². The van der Waals surface area contributed by atoms with Crippen LogP contribution < -0.4 is 14.8 Å². The summed E-state index contributed by atoms with van der Waals surface area (Å²) in [6.45, 7) is 1.67. The molecule has 1 aliphatic rings. The van der Waals surface area contributed by atoms with Crippen molar-refractivity contribution in [1.29, 1.82) is 0 Å². The van der Waals surface area contributed by atoms with E-state index in [-0.39, 0.29) is 17.6 Å². The third kappa shape index (κ3) is 5.13. The van der Waals surface area contributed by atoms with Gasteiger partial charge in [0.25, 0.3) is 0 Å². The molecule has 0 saturated carbocycles. The Morgan fingerprint density at radius 3 is 2.66 bits per heavy atom. The minimum atomic E-state index is -0.331. The second kappa shape index (κ2) is 9.65. The van der Waals surface area contributed by atoms with Gasteiger partial charge in [-0.3, -0.25) is 9.69 Å². The molecule has 1 saturated heterocycles. The van der Waals surface area contributed by atoms with Crippen LogP contribution in [0.2, 0.25) is 10.0 Å². The molecule has 2 aromatic rings. The molecule has 1 heterocycles. The van der Waals surface area contributed by atoms with Gasteiger partial charge in [-0.2, -0.15) is 0 Å². The summed E-state index contributed by atoms with van der Waals surface area (Å²) in [5, 5.41) is 3.70. The lowest BCUT2D eigenvalue weighted by molar-refractivity contribution is -0.121. The van der Waals surface area contributed by atoms with Crippen molar-refractivity contribution in [2.24, 2.45) is 5.92 Å². The zero-order chi connectivity index (χ0) is 21.0. The number of anilines is 1. The number of hydrogen-bond acceptors (Lipinski definition) is 4. The Morgan fingerprint density at radius 2 is 1.97 bits per heavy atom. The van der Waals surface area contributed by atoms with Crippen molar-refractivity contribution in [2.75, 3.05) is 32.6 Å². The molecule has 3 rings (SSSR count). The fraction of sp³-hybridized carbons (Fsp3) is 0.381. The number of piperidine rings is 1. The molecular formula is C21H23Cl2FN2O3. The summed E-state index contributed by atoms with van der Waals surface area (Å²) in [4.78, 5) is 14.9. The highest BCUT2D eigenvalue weighted by Gasteiger charge is 2.27. The van der Waals surface area contributed by atoms with Gasteiger partial charge in [0.2, 0.25) is 5.91 Å². The fourth-order valence-corrected chi connectivity index (χ4v) is 3.97. The van der Waals surface area contributed by atoms with E-state index in [1.165, 1.54) is 20.3 Å². The van der Waals surface area contributed by atoms with Crippen molar-refractivity contribution in [3.63, 3.8) is 0 Å². The first-order valence-corrected chi connectivity index (χ1v) is 10.1. The second-order valence-electron chi connectivity index (χ2n) is 6.95. The van der Waals surface area contributed by atoms with Crippen LogP contribution in [-0.4, -0.2) is 38.1 Å². The molecule has 0 aliphatic carbocycles.